The molecule has 10 heteroatoms. The molecule has 2 aromatic rings. The van der Waals surface area contributed by atoms with Crippen LogP contribution in [0.1, 0.15) is 58.9 Å². The first-order valence-corrected chi connectivity index (χ1v) is 11.1. The van der Waals surface area contributed by atoms with Crippen molar-refractivity contribution in [3.05, 3.63) is 70.3 Å². The molecule has 1 saturated carbocycles. The van der Waals surface area contributed by atoms with Crippen LogP contribution in [-0.4, -0.2) is 23.6 Å². The second kappa shape index (κ2) is 9.74. The Morgan fingerprint density at radius 1 is 1.27 bits per heavy atom. The Bertz CT molecular complexity index is 1030. The monoisotopic (exact) mass is 482 g/mol. The second-order valence-electron chi connectivity index (χ2n) is 8.34. The van der Waals surface area contributed by atoms with Crippen molar-refractivity contribution in [2.75, 3.05) is 6.61 Å². The van der Waals surface area contributed by atoms with Gasteiger partial charge in [0.05, 0.1) is 17.2 Å². The van der Waals surface area contributed by atoms with Crippen molar-refractivity contribution in [3.8, 4) is 0 Å². The molecule has 4 N–H and O–H groups in total. The first-order chi connectivity index (χ1) is 15.5. The summed E-state index contributed by atoms with van der Waals surface area (Å²) < 4.78 is 43.2. The Kier molecular flexibility index (Phi) is 7.40. The number of hydrogen-bond acceptors (Lipinski definition) is 6. The zero-order chi connectivity index (χ0) is 24.4. The molecule has 1 aliphatic rings. The maximum atomic E-state index is 12.9. The molecule has 0 aliphatic heterocycles. The van der Waals surface area contributed by atoms with Gasteiger partial charge in [-0.2, -0.15) is 13.2 Å². The molecule has 0 bridgehead atoms. The summed E-state index contributed by atoms with van der Waals surface area (Å²) in [5, 5.41) is 17.4. The van der Waals surface area contributed by atoms with Gasteiger partial charge in [0.1, 0.15) is 12.2 Å². The van der Waals surface area contributed by atoms with Crippen LogP contribution >= 0.6 is 12.2 Å². The van der Waals surface area contributed by atoms with E-state index in [4.69, 9.17) is 9.32 Å². The molecule has 0 unspecified atom stereocenters. The molecule has 1 amide bonds. The summed E-state index contributed by atoms with van der Waals surface area (Å²) in [5.41, 5.74) is 1.03. The predicted octanol–water partition coefficient (Wildman–Crippen LogP) is 4.07. The third-order valence-corrected chi connectivity index (χ3v) is 6.39. The first kappa shape index (κ1) is 25.1. The number of carbonyl (C=O) groups is 2. The number of nitrogens with two attached hydrogens (primary N) is 1. The van der Waals surface area contributed by atoms with Crippen LogP contribution in [0.3, 0.4) is 0 Å². The van der Waals surface area contributed by atoms with Crippen LogP contribution in [-0.2, 0) is 27.0 Å². The highest BCUT2D eigenvalue weighted by Crippen LogP contribution is 2.54. The van der Waals surface area contributed by atoms with Gasteiger partial charge in [0.15, 0.2) is 0 Å². The van der Waals surface area contributed by atoms with Gasteiger partial charge >= 0.3 is 12.1 Å². The van der Waals surface area contributed by atoms with Crippen LogP contribution in [0, 0.1) is 5.92 Å². The topological polar surface area (TPSA) is 102 Å². The van der Waals surface area contributed by atoms with Crippen LogP contribution in [0.15, 0.2) is 42.5 Å². The highest BCUT2D eigenvalue weighted by atomic mass is 32.2. The molecule has 1 fully saturated rings. The fraction of sp³-hybridized carbons (Fsp3) is 0.391. The van der Waals surface area contributed by atoms with Gasteiger partial charge in [-0.25, -0.2) is 9.93 Å². The molecule has 3 atom stereocenters. The van der Waals surface area contributed by atoms with E-state index in [1.165, 1.54) is 12.1 Å². The third-order valence-electron chi connectivity index (χ3n) is 6.14. The summed E-state index contributed by atoms with van der Waals surface area (Å²) in [6, 6.07) is 9.51. The van der Waals surface area contributed by atoms with Gasteiger partial charge in [-0.05, 0) is 54.7 Å². The molecule has 6 nitrogen and oxygen atoms in total. The largest absolute Gasteiger partial charge is 0.416 e. The average molecular weight is 483 g/mol. The lowest BCUT2D eigenvalue weighted by atomic mass is 9.94. The average Bonchev–Trinajstić information content (AvgIpc) is 3.46. The van der Waals surface area contributed by atoms with Crippen molar-refractivity contribution < 1.29 is 32.0 Å². The van der Waals surface area contributed by atoms with Crippen LogP contribution in [0.2, 0.25) is 0 Å². The van der Waals surface area contributed by atoms with Crippen molar-refractivity contribution in [3.63, 3.8) is 0 Å². The predicted molar refractivity (Wildman–Crippen MR) is 118 cm³/mol. The van der Waals surface area contributed by atoms with E-state index in [2.05, 4.69) is 5.32 Å². The lowest BCUT2D eigenvalue weighted by Gasteiger charge is -2.18. The normalized spacial score (nSPS) is 20.8. The Hall–Kier alpha value is -2.56. The van der Waals surface area contributed by atoms with Gasteiger partial charge < -0.3 is 14.6 Å². The lowest BCUT2D eigenvalue weighted by Crippen LogP contribution is -2.30. The number of nitrogens with one attached hydrogen (secondary N) is 1. The van der Waals surface area contributed by atoms with Gasteiger partial charge in [0.2, 0.25) is 5.91 Å². The summed E-state index contributed by atoms with van der Waals surface area (Å²) in [7, 11) is 0. The molecular formula is C23H25F3N2O4S. The summed E-state index contributed by atoms with van der Waals surface area (Å²) in [6.45, 7) is 3.48. The Balaban J connectivity index is 1.69. The molecule has 1 aliphatic carbocycles. The highest BCUT2D eigenvalue weighted by Gasteiger charge is 2.55. The molecule has 2 aromatic carbocycles. The molecule has 178 valence electrons. The van der Waals surface area contributed by atoms with Gasteiger partial charge in [0.25, 0.3) is 0 Å². The fourth-order valence-electron chi connectivity index (χ4n) is 4.00. The molecule has 33 heavy (non-hydrogen) atoms. The number of benzene rings is 2. The van der Waals surface area contributed by atoms with Crippen molar-refractivity contribution in [1.29, 1.82) is 0 Å². The molecule has 0 radical (unpaired) electrons. The van der Waals surface area contributed by atoms with Gasteiger partial charge in [-0.1, -0.05) is 31.2 Å². The highest BCUT2D eigenvalue weighted by molar-refractivity contribution is 7.92. The smallest absolute Gasteiger partial charge is 0.396 e. The van der Waals surface area contributed by atoms with Crippen molar-refractivity contribution >= 4 is 24.1 Å². The Labute approximate surface area is 194 Å². The van der Waals surface area contributed by atoms with Gasteiger partial charge in [0, 0.05) is 17.9 Å². The minimum absolute atomic E-state index is 0.173. The Morgan fingerprint density at radius 3 is 2.52 bits per heavy atom. The van der Waals surface area contributed by atoms with Gasteiger partial charge in [-0.15, -0.1) is 0 Å². The molecular weight excluding hydrogens is 457 g/mol. The van der Waals surface area contributed by atoms with Crippen LogP contribution < -0.4 is 10.5 Å². The van der Waals surface area contributed by atoms with E-state index in [1.54, 1.807) is 25.1 Å². The van der Waals surface area contributed by atoms with E-state index in [0.717, 1.165) is 17.7 Å². The van der Waals surface area contributed by atoms with Crippen molar-refractivity contribution in [2.45, 2.75) is 44.3 Å². The zero-order valence-electron chi connectivity index (χ0n) is 18.1. The number of rotatable bonds is 8. The van der Waals surface area contributed by atoms with E-state index >= 15 is 0 Å². The molecule has 0 saturated heterocycles. The summed E-state index contributed by atoms with van der Waals surface area (Å²) >= 11 is 0.435. The van der Waals surface area contributed by atoms with Gasteiger partial charge in [-0.3, -0.25) is 4.79 Å². The molecule has 0 spiro atoms. The number of amides is 1. The third kappa shape index (κ3) is 5.51. The van der Waals surface area contributed by atoms with Crippen molar-refractivity contribution in [1.82, 2.24) is 5.32 Å². The van der Waals surface area contributed by atoms with Crippen molar-refractivity contribution in [2.24, 2.45) is 11.1 Å². The lowest BCUT2D eigenvalue weighted by molar-refractivity contribution is -0.137. The van der Waals surface area contributed by atoms with E-state index in [-0.39, 0.29) is 36.5 Å². The van der Waals surface area contributed by atoms with E-state index < -0.39 is 23.1 Å². The number of hydrogen-bond donors (Lipinski definition) is 3. The summed E-state index contributed by atoms with van der Waals surface area (Å²) in [6.07, 6.45) is -3.64. The first-order valence-electron chi connectivity index (χ1n) is 10.3. The summed E-state index contributed by atoms with van der Waals surface area (Å²) in [4.78, 5) is 24.9. The molecule has 0 aromatic heterocycles. The summed E-state index contributed by atoms with van der Waals surface area (Å²) in [5.74, 6) is -1.18. The van der Waals surface area contributed by atoms with E-state index in [9.17, 15) is 27.9 Å². The molecule has 0 heterocycles. The maximum absolute atomic E-state index is 12.9. The van der Waals surface area contributed by atoms with Crippen LogP contribution in [0.25, 0.3) is 0 Å². The molecule has 3 rings (SSSR count). The number of aliphatic hydroxyl groups excluding tert-OH is 1. The minimum atomic E-state index is -4.40. The number of carbonyl (C=O) groups excluding carboxylic acids is 2. The standard InChI is InChI=1S/C23H25F3N2O4S/c1-13(14-3-8-18(21(31)32-33-27)15(11-14)9-10-29)28-20(30)19-12-22(19,2)16-4-6-17(7-5-16)23(24,25)26/h3-8,11,13,19,29H,9-10,12,27H2,1-2H3,(H,28,30)/t13-,19-,22-/m1/s1. The second-order valence-corrected chi connectivity index (χ2v) is 8.70. The number of aliphatic hydroxyl groups is 1. The quantitative estimate of drug-likeness (QED) is 0.387. The SMILES string of the molecule is C[C@@H](NC(=O)[C@H]1C[C@]1(C)c1ccc(C(F)(F)F)cc1)c1ccc(C(=O)OSN)c(CCO)c1. The van der Waals surface area contributed by atoms with Crippen LogP contribution in [0.5, 0.6) is 0 Å². The van der Waals surface area contributed by atoms with E-state index in [1.807, 2.05) is 6.92 Å². The van der Waals surface area contributed by atoms with E-state index in [0.29, 0.717) is 29.8 Å². The number of alkyl halides is 3. The minimum Gasteiger partial charge on any atom is -0.396 e. The van der Waals surface area contributed by atoms with Crippen LogP contribution in [0.4, 0.5) is 13.2 Å². The Morgan fingerprint density at radius 2 is 1.94 bits per heavy atom. The fourth-order valence-corrected chi connectivity index (χ4v) is 4.18. The number of halogens is 3. The maximum Gasteiger partial charge on any atom is 0.416 e. The zero-order valence-corrected chi connectivity index (χ0v) is 18.9.